The lowest BCUT2D eigenvalue weighted by molar-refractivity contribution is -0.119. The smallest absolute Gasteiger partial charge is 0.226 e. The number of hydrogen-bond acceptors (Lipinski definition) is 3. The summed E-state index contributed by atoms with van der Waals surface area (Å²) in [5.41, 5.74) is 1.57. The molecule has 0 bridgehead atoms. The van der Waals surface area contributed by atoms with E-state index in [1.807, 2.05) is 24.3 Å². The van der Waals surface area contributed by atoms with E-state index in [-0.39, 0.29) is 11.8 Å². The van der Waals surface area contributed by atoms with Crippen molar-refractivity contribution in [2.75, 3.05) is 30.0 Å². The number of anilines is 2. The van der Waals surface area contributed by atoms with Crippen molar-refractivity contribution >= 4 is 23.2 Å². The van der Waals surface area contributed by atoms with E-state index in [9.17, 15) is 9.59 Å². The lowest BCUT2D eigenvalue weighted by atomic mass is 10.1. The van der Waals surface area contributed by atoms with Crippen LogP contribution in [-0.4, -0.2) is 31.6 Å². The first-order chi connectivity index (χ1) is 11.1. The number of amides is 2. The maximum atomic E-state index is 12.0. The molecular formula is C18H26N2O3. The van der Waals surface area contributed by atoms with E-state index < -0.39 is 0 Å². The van der Waals surface area contributed by atoms with Gasteiger partial charge in [0.25, 0.3) is 0 Å². The Balaban J connectivity index is 1.87. The summed E-state index contributed by atoms with van der Waals surface area (Å²) in [6, 6.07) is 7.47. The zero-order valence-corrected chi connectivity index (χ0v) is 14.0. The van der Waals surface area contributed by atoms with E-state index in [1.165, 1.54) is 0 Å². The van der Waals surface area contributed by atoms with Crippen LogP contribution in [0.3, 0.4) is 0 Å². The quantitative estimate of drug-likeness (QED) is 0.785. The number of ether oxygens (including phenoxy) is 1. The zero-order chi connectivity index (χ0) is 16.7. The lowest BCUT2D eigenvalue weighted by Crippen LogP contribution is -2.35. The van der Waals surface area contributed by atoms with Gasteiger partial charge in [-0.15, -0.1) is 0 Å². The van der Waals surface area contributed by atoms with Crippen molar-refractivity contribution in [3.8, 4) is 0 Å². The van der Waals surface area contributed by atoms with Gasteiger partial charge in [-0.3, -0.25) is 9.59 Å². The summed E-state index contributed by atoms with van der Waals surface area (Å²) in [4.78, 5) is 25.7. The monoisotopic (exact) mass is 318 g/mol. The molecule has 23 heavy (non-hydrogen) atoms. The molecule has 1 aliphatic heterocycles. The van der Waals surface area contributed by atoms with Crippen molar-refractivity contribution in [2.24, 2.45) is 5.92 Å². The van der Waals surface area contributed by atoms with Crippen molar-refractivity contribution in [1.82, 2.24) is 0 Å². The van der Waals surface area contributed by atoms with Gasteiger partial charge >= 0.3 is 0 Å². The van der Waals surface area contributed by atoms with Gasteiger partial charge in [0.05, 0.1) is 13.0 Å². The molecule has 1 N–H and O–H groups in total. The average molecular weight is 318 g/mol. The summed E-state index contributed by atoms with van der Waals surface area (Å²) in [7, 11) is 0. The Morgan fingerprint density at radius 3 is 2.91 bits per heavy atom. The van der Waals surface area contributed by atoms with Crippen LogP contribution < -0.4 is 10.2 Å². The minimum atomic E-state index is -0.0733. The molecule has 2 amide bonds. The molecule has 0 aliphatic carbocycles. The van der Waals surface area contributed by atoms with Gasteiger partial charge in [0.2, 0.25) is 11.8 Å². The molecule has 0 saturated carbocycles. The maximum Gasteiger partial charge on any atom is 0.226 e. The minimum Gasteiger partial charge on any atom is -0.381 e. The first kappa shape index (κ1) is 17.5. The third-order valence-corrected chi connectivity index (χ3v) is 3.69. The molecule has 0 spiro atoms. The number of rotatable bonds is 7. The molecule has 2 rings (SSSR count). The van der Waals surface area contributed by atoms with Gasteiger partial charge in [0.15, 0.2) is 0 Å². The molecule has 5 heteroatoms. The number of nitrogens with one attached hydrogen (secondary N) is 1. The van der Waals surface area contributed by atoms with E-state index in [2.05, 4.69) is 19.2 Å². The zero-order valence-electron chi connectivity index (χ0n) is 14.0. The summed E-state index contributed by atoms with van der Waals surface area (Å²) >= 11 is 0. The molecular weight excluding hydrogens is 292 g/mol. The van der Waals surface area contributed by atoms with Gasteiger partial charge in [-0.2, -0.15) is 0 Å². The van der Waals surface area contributed by atoms with Gasteiger partial charge < -0.3 is 15.0 Å². The minimum absolute atomic E-state index is 0.0733. The van der Waals surface area contributed by atoms with Crippen LogP contribution in [0.25, 0.3) is 0 Å². The number of carbonyl (C=O) groups is 2. The fourth-order valence-electron chi connectivity index (χ4n) is 2.54. The Morgan fingerprint density at radius 2 is 2.17 bits per heavy atom. The highest BCUT2D eigenvalue weighted by molar-refractivity contribution is 5.96. The van der Waals surface area contributed by atoms with Crippen molar-refractivity contribution in [1.29, 1.82) is 0 Å². The molecule has 0 unspecified atom stereocenters. The fraction of sp³-hybridized carbons (Fsp3) is 0.556. The Labute approximate surface area is 138 Å². The van der Waals surface area contributed by atoms with Gasteiger partial charge in [0, 0.05) is 30.9 Å². The SMILES string of the molecule is CC(C)COCCC(=O)Nc1cccc(N2CCCCC2=O)c1. The fourth-order valence-corrected chi connectivity index (χ4v) is 2.54. The van der Waals surface area contributed by atoms with Gasteiger partial charge in [-0.05, 0) is 37.0 Å². The highest BCUT2D eigenvalue weighted by atomic mass is 16.5. The van der Waals surface area contributed by atoms with Gasteiger partial charge in [-0.1, -0.05) is 19.9 Å². The highest BCUT2D eigenvalue weighted by Gasteiger charge is 2.19. The molecule has 1 aromatic rings. The number of piperidine rings is 1. The van der Waals surface area contributed by atoms with E-state index in [4.69, 9.17) is 4.74 Å². The third-order valence-electron chi connectivity index (χ3n) is 3.69. The molecule has 1 aromatic carbocycles. The molecule has 1 aliphatic rings. The second-order valence-electron chi connectivity index (χ2n) is 6.32. The number of nitrogens with zero attached hydrogens (tertiary/aromatic N) is 1. The summed E-state index contributed by atoms with van der Waals surface area (Å²) in [5.74, 6) is 0.550. The maximum absolute atomic E-state index is 12.0. The first-order valence-corrected chi connectivity index (χ1v) is 8.34. The number of carbonyl (C=O) groups excluding carboxylic acids is 2. The lowest BCUT2D eigenvalue weighted by Gasteiger charge is -2.27. The van der Waals surface area contributed by atoms with Crippen LogP contribution in [0.4, 0.5) is 11.4 Å². The summed E-state index contributed by atoms with van der Waals surface area (Å²) < 4.78 is 5.42. The molecule has 0 radical (unpaired) electrons. The molecule has 5 nitrogen and oxygen atoms in total. The van der Waals surface area contributed by atoms with Crippen molar-refractivity contribution < 1.29 is 14.3 Å². The molecule has 1 heterocycles. The van der Waals surface area contributed by atoms with Gasteiger partial charge in [0.1, 0.15) is 0 Å². The van der Waals surface area contributed by atoms with Crippen LogP contribution in [0, 0.1) is 5.92 Å². The Hall–Kier alpha value is -1.88. The third kappa shape index (κ3) is 5.67. The van der Waals surface area contributed by atoms with Crippen molar-refractivity contribution in [2.45, 2.75) is 39.5 Å². The van der Waals surface area contributed by atoms with Crippen LogP contribution in [-0.2, 0) is 14.3 Å². The standard InChI is InChI=1S/C18H26N2O3/c1-14(2)13-23-11-9-17(21)19-15-6-5-7-16(12-15)20-10-4-3-8-18(20)22/h5-7,12,14H,3-4,8-11,13H2,1-2H3,(H,19,21). The van der Waals surface area contributed by atoms with E-state index >= 15 is 0 Å². The Bertz CT molecular complexity index is 543. The van der Waals surface area contributed by atoms with Crippen LogP contribution in [0.1, 0.15) is 39.5 Å². The van der Waals surface area contributed by atoms with Crippen LogP contribution >= 0.6 is 0 Å². The van der Waals surface area contributed by atoms with Gasteiger partial charge in [-0.25, -0.2) is 0 Å². The Morgan fingerprint density at radius 1 is 1.35 bits per heavy atom. The second kappa shape index (κ2) is 8.67. The molecule has 0 atom stereocenters. The molecule has 1 fully saturated rings. The number of hydrogen-bond donors (Lipinski definition) is 1. The second-order valence-corrected chi connectivity index (χ2v) is 6.32. The highest BCUT2D eigenvalue weighted by Crippen LogP contribution is 2.23. The normalized spacial score (nSPS) is 15.1. The van der Waals surface area contributed by atoms with E-state index in [0.29, 0.717) is 32.0 Å². The van der Waals surface area contributed by atoms with Crippen molar-refractivity contribution in [3.05, 3.63) is 24.3 Å². The summed E-state index contributed by atoms with van der Waals surface area (Å²) in [5, 5.41) is 2.87. The van der Waals surface area contributed by atoms with Crippen molar-refractivity contribution in [3.63, 3.8) is 0 Å². The summed E-state index contributed by atoms with van der Waals surface area (Å²) in [6.07, 6.45) is 2.92. The number of benzene rings is 1. The molecule has 1 saturated heterocycles. The summed E-state index contributed by atoms with van der Waals surface area (Å²) in [6.45, 7) is 5.99. The first-order valence-electron chi connectivity index (χ1n) is 8.34. The predicted molar refractivity (Wildman–Crippen MR) is 91.5 cm³/mol. The Kier molecular flexibility index (Phi) is 6.59. The van der Waals surface area contributed by atoms with Crippen LogP contribution in [0.15, 0.2) is 24.3 Å². The topological polar surface area (TPSA) is 58.6 Å². The molecule has 0 aromatic heterocycles. The predicted octanol–water partition coefficient (Wildman–Crippen LogP) is 3.20. The molecule has 126 valence electrons. The van der Waals surface area contributed by atoms with Crippen LogP contribution in [0.5, 0.6) is 0 Å². The average Bonchev–Trinajstić information content (AvgIpc) is 2.52. The largest absolute Gasteiger partial charge is 0.381 e. The van der Waals surface area contributed by atoms with Crippen LogP contribution in [0.2, 0.25) is 0 Å². The van der Waals surface area contributed by atoms with E-state index in [1.54, 1.807) is 4.90 Å². The van der Waals surface area contributed by atoms with E-state index in [0.717, 1.165) is 30.8 Å².